The van der Waals surface area contributed by atoms with Crippen LogP contribution in [0.5, 0.6) is 0 Å². The van der Waals surface area contributed by atoms with Gasteiger partial charge in [0.1, 0.15) is 12.3 Å². The molecule has 100 valence electrons. The number of hydrogen-bond donors (Lipinski definition) is 1. The van der Waals surface area contributed by atoms with Crippen molar-refractivity contribution in [2.24, 2.45) is 5.92 Å². The topological polar surface area (TPSA) is 70.8 Å². The maximum Gasteiger partial charge on any atom is 0.323 e. The minimum absolute atomic E-state index is 0.150. The van der Waals surface area contributed by atoms with E-state index in [1.807, 2.05) is 13.8 Å². The lowest BCUT2D eigenvalue weighted by molar-refractivity contribution is -0.144. The summed E-state index contributed by atoms with van der Waals surface area (Å²) < 4.78 is 5.14. The first-order chi connectivity index (χ1) is 8.49. The van der Waals surface area contributed by atoms with Crippen LogP contribution in [-0.4, -0.2) is 35.0 Å². The van der Waals surface area contributed by atoms with Crippen molar-refractivity contribution in [1.29, 1.82) is 0 Å². The van der Waals surface area contributed by atoms with Crippen LogP contribution >= 0.6 is 0 Å². The second kappa shape index (κ2) is 6.83. The molecule has 0 radical (unpaired) electrons. The lowest BCUT2D eigenvalue weighted by Crippen LogP contribution is -2.38. The van der Waals surface area contributed by atoms with Crippen LogP contribution in [0.25, 0.3) is 0 Å². The average molecular weight is 253 g/mol. The smallest absolute Gasteiger partial charge is 0.323 e. The highest BCUT2D eigenvalue weighted by molar-refractivity contribution is 5.81. The molecule has 18 heavy (non-hydrogen) atoms. The first-order valence-corrected chi connectivity index (χ1v) is 6.01. The summed E-state index contributed by atoms with van der Waals surface area (Å²) in [6, 6.07) is 3.57. The van der Waals surface area contributed by atoms with E-state index in [-0.39, 0.29) is 24.8 Å². The molecular weight excluding hydrogens is 234 g/mol. The van der Waals surface area contributed by atoms with Gasteiger partial charge in [0.15, 0.2) is 0 Å². The van der Waals surface area contributed by atoms with Gasteiger partial charge in [-0.25, -0.2) is 0 Å². The number of furan rings is 1. The van der Waals surface area contributed by atoms with E-state index in [1.165, 1.54) is 4.90 Å². The molecule has 0 saturated carbocycles. The molecule has 5 heteroatoms. The molecule has 1 aromatic rings. The van der Waals surface area contributed by atoms with Crippen LogP contribution in [0.1, 0.15) is 26.0 Å². The normalized spacial score (nSPS) is 10.6. The average Bonchev–Trinajstić information content (AvgIpc) is 2.76. The number of carboxylic acid groups (broad SMARTS) is 1. The van der Waals surface area contributed by atoms with Crippen molar-refractivity contribution in [2.45, 2.75) is 26.7 Å². The van der Waals surface area contributed by atoms with Crippen molar-refractivity contribution >= 4 is 11.9 Å². The van der Waals surface area contributed by atoms with Crippen LogP contribution in [0.3, 0.4) is 0 Å². The molecule has 1 aromatic heterocycles. The predicted octanol–water partition coefficient (Wildman–Crippen LogP) is 1.78. The van der Waals surface area contributed by atoms with Crippen LogP contribution in [-0.2, 0) is 16.0 Å². The molecule has 1 rings (SSSR count). The van der Waals surface area contributed by atoms with Crippen LogP contribution in [0.2, 0.25) is 0 Å². The molecule has 5 nitrogen and oxygen atoms in total. The third-order valence-electron chi connectivity index (χ3n) is 2.43. The fourth-order valence-corrected chi connectivity index (χ4v) is 1.70. The number of carbonyl (C=O) groups excluding carboxylic acids is 1. The summed E-state index contributed by atoms with van der Waals surface area (Å²) in [5, 5.41) is 8.79. The maximum absolute atomic E-state index is 11.9. The number of amides is 1. The Labute approximate surface area is 106 Å². The largest absolute Gasteiger partial charge is 0.480 e. The van der Waals surface area contributed by atoms with Gasteiger partial charge in [-0.3, -0.25) is 9.59 Å². The zero-order chi connectivity index (χ0) is 13.5. The second-order valence-electron chi connectivity index (χ2n) is 4.64. The van der Waals surface area contributed by atoms with E-state index in [0.717, 1.165) is 5.76 Å². The summed E-state index contributed by atoms with van der Waals surface area (Å²) in [6.45, 7) is 4.13. The summed E-state index contributed by atoms with van der Waals surface area (Å²) >= 11 is 0. The van der Waals surface area contributed by atoms with E-state index < -0.39 is 5.97 Å². The third kappa shape index (κ3) is 5.03. The standard InChI is InChI=1S/C13H19NO4/c1-10(2)8-14(9-13(16)17)12(15)6-5-11-4-3-7-18-11/h3-4,7,10H,5-6,8-9H2,1-2H3,(H,16,17). The molecule has 1 amide bonds. The van der Waals surface area contributed by atoms with E-state index in [4.69, 9.17) is 9.52 Å². The molecule has 0 aliphatic heterocycles. The molecule has 1 heterocycles. The Morgan fingerprint density at radius 1 is 1.44 bits per heavy atom. The summed E-state index contributed by atoms with van der Waals surface area (Å²) in [5.74, 6) is -0.149. The van der Waals surface area contributed by atoms with Gasteiger partial charge in [-0.2, -0.15) is 0 Å². The summed E-state index contributed by atoms with van der Waals surface area (Å²) in [5.41, 5.74) is 0. The van der Waals surface area contributed by atoms with Gasteiger partial charge in [0.25, 0.3) is 0 Å². The van der Waals surface area contributed by atoms with Gasteiger partial charge in [-0.15, -0.1) is 0 Å². The summed E-state index contributed by atoms with van der Waals surface area (Å²) in [7, 11) is 0. The first-order valence-electron chi connectivity index (χ1n) is 6.01. The Morgan fingerprint density at radius 2 is 2.17 bits per heavy atom. The molecule has 0 aliphatic carbocycles. The van der Waals surface area contributed by atoms with Crippen molar-refractivity contribution in [3.63, 3.8) is 0 Å². The lowest BCUT2D eigenvalue weighted by Gasteiger charge is -2.22. The number of rotatable bonds is 7. The monoisotopic (exact) mass is 253 g/mol. The van der Waals surface area contributed by atoms with Crippen molar-refractivity contribution < 1.29 is 19.1 Å². The number of hydrogen-bond acceptors (Lipinski definition) is 3. The molecule has 0 bridgehead atoms. The van der Waals surface area contributed by atoms with Gasteiger partial charge in [-0.1, -0.05) is 13.8 Å². The quantitative estimate of drug-likeness (QED) is 0.804. The highest BCUT2D eigenvalue weighted by atomic mass is 16.4. The molecular formula is C13H19NO4. The molecule has 0 aromatic carbocycles. The van der Waals surface area contributed by atoms with E-state index >= 15 is 0 Å². The van der Waals surface area contributed by atoms with E-state index in [9.17, 15) is 9.59 Å². The number of aliphatic carboxylic acids is 1. The number of aryl methyl sites for hydroxylation is 1. The molecule has 0 aliphatic rings. The minimum Gasteiger partial charge on any atom is -0.480 e. The van der Waals surface area contributed by atoms with Gasteiger partial charge in [0, 0.05) is 19.4 Å². The summed E-state index contributed by atoms with van der Waals surface area (Å²) in [6.07, 6.45) is 2.33. The van der Waals surface area contributed by atoms with Gasteiger partial charge >= 0.3 is 5.97 Å². The highest BCUT2D eigenvalue weighted by Crippen LogP contribution is 2.07. The van der Waals surface area contributed by atoms with Gasteiger partial charge in [-0.05, 0) is 18.1 Å². The molecule has 0 fully saturated rings. The number of carbonyl (C=O) groups is 2. The molecule has 0 unspecified atom stereocenters. The fourth-order valence-electron chi connectivity index (χ4n) is 1.70. The zero-order valence-corrected chi connectivity index (χ0v) is 10.8. The van der Waals surface area contributed by atoms with Crippen molar-refractivity contribution in [3.05, 3.63) is 24.2 Å². The minimum atomic E-state index is -0.984. The van der Waals surface area contributed by atoms with Gasteiger partial charge in [0.2, 0.25) is 5.91 Å². The van der Waals surface area contributed by atoms with Gasteiger partial charge in [0.05, 0.1) is 6.26 Å². The summed E-state index contributed by atoms with van der Waals surface area (Å²) in [4.78, 5) is 24.0. The fraction of sp³-hybridized carbons (Fsp3) is 0.538. The predicted molar refractivity (Wildman–Crippen MR) is 66.1 cm³/mol. The van der Waals surface area contributed by atoms with Crippen LogP contribution < -0.4 is 0 Å². The number of nitrogens with zero attached hydrogens (tertiary/aromatic N) is 1. The highest BCUT2D eigenvalue weighted by Gasteiger charge is 2.17. The Kier molecular flexibility index (Phi) is 5.42. The van der Waals surface area contributed by atoms with E-state index in [0.29, 0.717) is 13.0 Å². The lowest BCUT2D eigenvalue weighted by atomic mass is 10.1. The van der Waals surface area contributed by atoms with Gasteiger partial charge < -0.3 is 14.4 Å². The van der Waals surface area contributed by atoms with E-state index in [1.54, 1.807) is 18.4 Å². The molecule has 0 saturated heterocycles. The van der Waals surface area contributed by atoms with Crippen molar-refractivity contribution in [1.82, 2.24) is 4.90 Å². The Hall–Kier alpha value is -1.78. The molecule has 0 spiro atoms. The third-order valence-corrected chi connectivity index (χ3v) is 2.43. The first kappa shape index (κ1) is 14.3. The Balaban J connectivity index is 2.50. The van der Waals surface area contributed by atoms with Crippen LogP contribution in [0.4, 0.5) is 0 Å². The molecule has 1 N–H and O–H groups in total. The van der Waals surface area contributed by atoms with E-state index in [2.05, 4.69) is 0 Å². The SMILES string of the molecule is CC(C)CN(CC(=O)O)C(=O)CCc1ccco1. The van der Waals surface area contributed by atoms with Crippen LogP contribution in [0.15, 0.2) is 22.8 Å². The maximum atomic E-state index is 11.9. The molecule has 0 atom stereocenters. The Morgan fingerprint density at radius 3 is 2.67 bits per heavy atom. The number of carboxylic acids is 1. The zero-order valence-electron chi connectivity index (χ0n) is 10.8. The Bertz CT molecular complexity index is 384. The van der Waals surface area contributed by atoms with Crippen LogP contribution in [0, 0.1) is 5.92 Å². The second-order valence-corrected chi connectivity index (χ2v) is 4.64. The van der Waals surface area contributed by atoms with Crippen molar-refractivity contribution in [2.75, 3.05) is 13.1 Å². The van der Waals surface area contributed by atoms with Crippen molar-refractivity contribution in [3.8, 4) is 0 Å².